The number of benzene rings is 3. The summed E-state index contributed by atoms with van der Waals surface area (Å²) in [4.78, 5) is 65.6. The predicted octanol–water partition coefficient (Wildman–Crippen LogP) is 4.29. The molecule has 2 atom stereocenters. The molecule has 0 spiro atoms. The Morgan fingerprint density at radius 3 is 2.08 bits per heavy atom. The van der Waals surface area contributed by atoms with Gasteiger partial charge in [0.15, 0.2) is 0 Å². The smallest absolute Gasteiger partial charge is 0.261 e. The Bertz CT molecular complexity index is 1730. The predicted molar refractivity (Wildman–Crippen MR) is 197 cm³/mol. The zero-order chi connectivity index (χ0) is 37.4. The molecule has 0 unspecified atom stereocenters. The minimum absolute atomic E-state index is 0.0443. The van der Waals surface area contributed by atoms with E-state index in [-0.39, 0.29) is 50.3 Å². The molecule has 5 N–H and O–H groups in total. The zero-order valence-corrected chi connectivity index (χ0v) is 30.1. The van der Waals surface area contributed by atoms with Gasteiger partial charge in [0.25, 0.3) is 5.91 Å². The number of hydrogen-bond acceptors (Lipinski definition) is 6. The fourth-order valence-electron chi connectivity index (χ4n) is 4.90. The number of nitrogens with one attached hydrogen (secondary N) is 5. The van der Waals surface area contributed by atoms with Crippen molar-refractivity contribution in [1.82, 2.24) is 26.6 Å². The number of rotatable bonds is 16. The van der Waals surface area contributed by atoms with E-state index in [0.717, 1.165) is 16.7 Å². The molecule has 3 aromatic rings. The van der Waals surface area contributed by atoms with E-state index in [0.29, 0.717) is 10.6 Å². The van der Waals surface area contributed by atoms with Crippen LogP contribution in [0.1, 0.15) is 62.3 Å². The summed E-state index contributed by atoms with van der Waals surface area (Å²) < 4.78 is 0. The van der Waals surface area contributed by atoms with Crippen molar-refractivity contribution in [2.75, 3.05) is 6.54 Å². The van der Waals surface area contributed by atoms with Crippen molar-refractivity contribution >= 4 is 47.2 Å². The minimum atomic E-state index is -1.17. The summed E-state index contributed by atoms with van der Waals surface area (Å²) in [5.41, 5.74) is 2.73. The molecule has 5 amide bonds. The van der Waals surface area contributed by atoms with Gasteiger partial charge in [-0.05, 0) is 69.0 Å². The molecule has 3 aromatic carbocycles. The highest BCUT2D eigenvalue weighted by atomic mass is 35.5. The summed E-state index contributed by atoms with van der Waals surface area (Å²) in [5, 5.41) is 23.7. The van der Waals surface area contributed by atoms with E-state index in [2.05, 4.69) is 26.6 Å². The topological polar surface area (TPSA) is 169 Å². The average Bonchev–Trinajstić information content (AvgIpc) is 3.08. The highest BCUT2D eigenvalue weighted by Gasteiger charge is 2.28. The maximum atomic E-state index is 13.7. The van der Waals surface area contributed by atoms with Crippen LogP contribution in [0.3, 0.4) is 0 Å². The highest BCUT2D eigenvalue weighted by Crippen LogP contribution is 2.13. The van der Waals surface area contributed by atoms with Gasteiger partial charge in [-0.2, -0.15) is 5.26 Å². The Labute approximate surface area is 304 Å². The first-order chi connectivity index (χ1) is 24.2. The second kappa shape index (κ2) is 19.6. The van der Waals surface area contributed by atoms with E-state index in [1.807, 2.05) is 88.4 Å². The molecule has 51 heavy (non-hydrogen) atoms. The number of halogens is 1. The normalized spacial score (nSPS) is 12.4. The van der Waals surface area contributed by atoms with Gasteiger partial charge >= 0.3 is 0 Å². The van der Waals surface area contributed by atoms with Crippen molar-refractivity contribution in [3.63, 3.8) is 0 Å². The van der Waals surface area contributed by atoms with Gasteiger partial charge in [0.05, 0.1) is 0 Å². The molecule has 268 valence electrons. The van der Waals surface area contributed by atoms with Crippen LogP contribution >= 0.6 is 11.6 Å². The molecule has 0 bridgehead atoms. The van der Waals surface area contributed by atoms with E-state index in [9.17, 15) is 29.2 Å². The molecule has 0 aliphatic carbocycles. The second-order valence-electron chi connectivity index (χ2n) is 13.1. The third kappa shape index (κ3) is 14.9. The van der Waals surface area contributed by atoms with Gasteiger partial charge in [-0.1, -0.05) is 83.9 Å². The van der Waals surface area contributed by atoms with Crippen molar-refractivity contribution in [2.24, 2.45) is 0 Å². The summed E-state index contributed by atoms with van der Waals surface area (Å²) in [5.74, 6) is -2.61. The van der Waals surface area contributed by atoms with Gasteiger partial charge in [0.1, 0.15) is 23.7 Å². The van der Waals surface area contributed by atoms with Gasteiger partial charge in [0.2, 0.25) is 23.6 Å². The lowest BCUT2D eigenvalue weighted by Gasteiger charge is -2.24. The number of aryl methyl sites for hydroxylation is 1. The third-order valence-electron chi connectivity index (χ3n) is 7.51. The lowest BCUT2D eigenvalue weighted by molar-refractivity contribution is -0.133. The quantitative estimate of drug-likeness (QED) is 0.110. The molecule has 0 radical (unpaired) electrons. The van der Waals surface area contributed by atoms with Crippen molar-refractivity contribution in [2.45, 2.75) is 77.5 Å². The molecule has 0 aliphatic rings. The first-order valence-electron chi connectivity index (χ1n) is 16.7. The Morgan fingerprint density at radius 2 is 1.45 bits per heavy atom. The molecule has 0 heterocycles. The molecule has 0 aromatic heterocycles. The molecule has 12 heteroatoms. The maximum Gasteiger partial charge on any atom is 0.261 e. The highest BCUT2D eigenvalue weighted by molar-refractivity contribution is 6.30. The van der Waals surface area contributed by atoms with Crippen LogP contribution in [0.25, 0.3) is 6.08 Å². The third-order valence-corrected chi connectivity index (χ3v) is 7.76. The number of nitrogens with zero attached hydrogens (tertiary/aromatic N) is 1. The maximum absolute atomic E-state index is 13.7. The van der Waals surface area contributed by atoms with Crippen LogP contribution < -0.4 is 26.6 Å². The first kappa shape index (κ1) is 40.0. The van der Waals surface area contributed by atoms with E-state index >= 15 is 0 Å². The number of carbonyl (C=O) groups excluding carboxylic acids is 5. The van der Waals surface area contributed by atoms with Gasteiger partial charge < -0.3 is 26.6 Å². The van der Waals surface area contributed by atoms with Crippen molar-refractivity contribution in [3.8, 4) is 6.07 Å². The Balaban J connectivity index is 1.70. The largest absolute Gasteiger partial charge is 0.352 e. The van der Waals surface area contributed by atoms with Crippen LogP contribution in [0.4, 0.5) is 0 Å². The number of nitriles is 1. The fraction of sp³-hybridized carbons (Fsp3) is 0.333. The number of hydrogen-bond donors (Lipinski definition) is 5. The summed E-state index contributed by atoms with van der Waals surface area (Å²) in [6.45, 7) is 7.59. The monoisotopic (exact) mass is 712 g/mol. The molecule has 0 saturated carbocycles. The minimum Gasteiger partial charge on any atom is -0.352 e. The van der Waals surface area contributed by atoms with Gasteiger partial charge in [-0.15, -0.1) is 0 Å². The molecular formula is C39H45ClN6O5. The van der Waals surface area contributed by atoms with E-state index in [1.165, 1.54) is 6.08 Å². The van der Waals surface area contributed by atoms with E-state index in [1.54, 1.807) is 24.3 Å². The van der Waals surface area contributed by atoms with Crippen molar-refractivity contribution in [3.05, 3.63) is 112 Å². The first-order valence-corrected chi connectivity index (χ1v) is 17.0. The lowest BCUT2D eigenvalue weighted by Crippen LogP contribution is -2.54. The molecule has 11 nitrogen and oxygen atoms in total. The Kier molecular flexibility index (Phi) is 15.4. The lowest BCUT2D eigenvalue weighted by atomic mass is 10.0. The fourth-order valence-corrected chi connectivity index (χ4v) is 5.03. The Hall–Kier alpha value is -5.47. The summed E-state index contributed by atoms with van der Waals surface area (Å²) in [7, 11) is 0. The summed E-state index contributed by atoms with van der Waals surface area (Å²) in [6, 6.07) is 23.2. The van der Waals surface area contributed by atoms with Crippen LogP contribution in [0.15, 0.2) is 84.4 Å². The van der Waals surface area contributed by atoms with Crippen LogP contribution in [0, 0.1) is 18.3 Å². The van der Waals surface area contributed by atoms with Crippen molar-refractivity contribution in [1.29, 1.82) is 5.26 Å². The molecule has 0 aliphatic heterocycles. The zero-order valence-electron chi connectivity index (χ0n) is 29.3. The Morgan fingerprint density at radius 1 is 0.784 bits per heavy atom. The van der Waals surface area contributed by atoms with Gasteiger partial charge in [-0.25, -0.2) is 0 Å². The van der Waals surface area contributed by atoms with E-state index < -0.39 is 41.3 Å². The van der Waals surface area contributed by atoms with Crippen LogP contribution in [0.5, 0.6) is 0 Å². The van der Waals surface area contributed by atoms with Crippen LogP contribution in [-0.4, -0.2) is 53.7 Å². The second-order valence-corrected chi connectivity index (χ2v) is 13.6. The van der Waals surface area contributed by atoms with Crippen LogP contribution in [0.2, 0.25) is 5.02 Å². The standard InChI is InChI=1S/C39H45ClN6O5/c1-26-10-12-29(13-11-26)25-43-37(50)33(23-27-8-6-5-7-9-27)45-38(51)32(18-19-35(48)46-39(2,3)4)44-34(47)20-21-42-36(49)30(24-41)22-28-14-16-31(40)17-15-28/h5-17,22,32-33H,18-21,23,25H2,1-4H3,(H,42,49)(H,43,50)(H,44,47)(H,45,51)(H,46,48)/b30-22+/t32-,33-/m0/s1. The number of amides is 5. The molecule has 3 rings (SSSR count). The van der Waals surface area contributed by atoms with Crippen molar-refractivity contribution < 1.29 is 24.0 Å². The van der Waals surface area contributed by atoms with E-state index in [4.69, 9.17) is 11.6 Å². The van der Waals surface area contributed by atoms with Crippen LogP contribution in [-0.2, 0) is 36.9 Å². The van der Waals surface area contributed by atoms with Gasteiger partial charge in [-0.3, -0.25) is 24.0 Å². The molecule has 0 saturated heterocycles. The summed E-state index contributed by atoms with van der Waals surface area (Å²) >= 11 is 5.90. The van der Waals surface area contributed by atoms with Gasteiger partial charge in [0, 0.05) is 42.9 Å². The summed E-state index contributed by atoms with van der Waals surface area (Å²) in [6.07, 6.45) is 1.26. The molecular weight excluding hydrogens is 668 g/mol. The molecule has 0 fully saturated rings. The number of carbonyl (C=O) groups is 5. The SMILES string of the molecule is Cc1ccc(CNC(=O)[C@H](Cc2ccccc2)NC(=O)[C@H](CCC(=O)NC(C)(C)C)NC(=O)CCNC(=O)/C(C#N)=C/c2ccc(Cl)cc2)cc1. The average molecular weight is 713 g/mol.